The molecule has 0 aromatic carbocycles. The SMILES string of the molecule is C=CC(=O)OC(CCC)[Si](C)(C)C. The molecule has 0 spiro atoms. The van der Waals surface area contributed by atoms with Gasteiger partial charge >= 0.3 is 5.97 Å². The molecule has 76 valence electrons. The maximum atomic E-state index is 11.0. The van der Waals surface area contributed by atoms with Gasteiger partial charge in [0.25, 0.3) is 0 Å². The van der Waals surface area contributed by atoms with Crippen LogP contribution in [0.25, 0.3) is 0 Å². The Hall–Kier alpha value is -0.573. The number of carbonyl (C=O) groups excluding carboxylic acids is 1. The molecular weight excluding hydrogens is 180 g/mol. The van der Waals surface area contributed by atoms with E-state index in [4.69, 9.17) is 4.74 Å². The van der Waals surface area contributed by atoms with E-state index in [1.165, 1.54) is 6.08 Å². The Kier molecular flexibility index (Phi) is 4.99. The summed E-state index contributed by atoms with van der Waals surface area (Å²) in [5.74, 6) is -0.291. The summed E-state index contributed by atoms with van der Waals surface area (Å²) in [4.78, 5) is 11.0. The minimum atomic E-state index is -1.38. The highest BCUT2D eigenvalue weighted by molar-refractivity contribution is 6.77. The second-order valence-corrected chi connectivity index (χ2v) is 9.66. The number of esters is 1. The van der Waals surface area contributed by atoms with E-state index >= 15 is 0 Å². The van der Waals surface area contributed by atoms with Gasteiger partial charge in [0.15, 0.2) is 0 Å². The van der Waals surface area contributed by atoms with Gasteiger partial charge in [0.1, 0.15) is 0 Å². The Morgan fingerprint density at radius 2 is 2.08 bits per heavy atom. The molecule has 0 heterocycles. The fourth-order valence-electron chi connectivity index (χ4n) is 1.12. The van der Waals surface area contributed by atoms with Gasteiger partial charge in [-0.15, -0.1) is 0 Å². The summed E-state index contributed by atoms with van der Waals surface area (Å²) in [5, 5.41) is 0. The highest BCUT2D eigenvalue weighted by Crippen LogP contribution is 2.16. The first kappa shape index (κ1) is 12.4. The summed E-state index contributed by atoms with van der Waals surface area (Å²) in [6.07, 6.45) is 3.26. The maximum Gasteiger partial charge on any atom is 0.330 e. The predicted octanol–water partition coefficient (Wildman–Crippen LogP) is 2.76. The van der Waals surface area contributed by atoms with Crippen LogP contribution in [0.15, 0.2) is 12.7 Å². The molecule has 0 aliphatic heterocycles. The lowest BCUT2D eigenvalue weighted by atomic mass is 10.3. The molecule has 0 amide bonds. The van der Waals surface area contributed by atoms with Gasteiger partial charge < -0.3 is 4.74 Å². The fraction of sp³-hybridized carbons (Fsp3) is 0.700. The Bertz CT molecular complexity index is 182. The second-order valence-electron chi connectivity index (χ2n) is 4.28. The average Bonchev–Trinajstić information content (AvgIpc) is 2.01. The van der Waals surface area contributed by atoms with Crippen molar-refractivity contribution in [2.45, 2.75) is 45.1 Å². The fourth-order valence-corrected chi connectivity index (χ4v) is 2.74. The average molecular weight is 200 g/mol. The summed E-state index contributed by atoms with van der Waals surface area (Å²) in [6.45, 7) is 12.1. The van der Waals surface area contributed by atoms with Gasteiger partial charge in [-0.05, 0) is 6.42 Å². The highest BCUT2D eigenvalue weighted by atomic mass is 28.3. The highest BCUT2D eigenvalue weighted by Gasteiger charge is 2.28. The zero-order valence-corrected chi connectivity index (χ0v) is 10.1. The number of ether oxygens (including phenoxy) is 1. The lowest BCUT2D eigenvalue weighted by Crippen LogP contribution is -2.41. The van der Waals surface area contributed by atoms with Crippen molar-refractivity contribution in [1.82, 2.24) is 0 Å². The third kappa shape index (κ3) is 4.88. The third-order valence-corrected chi connectivity index (χ3v) is 4.28. The quantitative estimate of drug-likeness (QED) is 0.387. The first-order chi connectivity index (χ1) is 5.91. The number of carbonyl (C=O) groups is 1. The first-order valence-corrected chi connectivity index (χ1v) is 8.32. The number of rotatable bonds is 5. The van der Waals surface area contributed by atoms with E-state index in [0.717, 1.165) is 12.8 Å². The molecule has 0 radical (unpaired) electrons. The molecule has 0 aromatic heterocycles. The van der Waals surface area contributed by atoms with Crippen molar-refractivity contribution in [2.24, 2.45) is 0 Å². The van der Waals surface area contributed by atoms with Gasteiger partial charge in [0, 0.05) is 6.08 Å². The van der Waals surface area contributed by atoms with E-state index in [2.05, 4.69) is 33.1 Å². The summed E-state index contributed by atoms with van der Waals surface area (Å²) < 4.78 is 5.31. The van der Waals surface area contributed by atoms with Gasteiger partial charge in [0.05, 0.1) is 13.8 Å². The monoisotopic (exact) mass is 200 g/mol. The lowest BCUT2D eigenvalue weighted by molar-refractivity contribution is -0.140. The molecule has 0 fully saturated rings. The van der Waals surface area contributed by atoms with Gasteiger partial charge in [-0.25, -0.2) is 4.79 Å². The lowest BCUT2D eigenvalue weighted by Gasteiger charge is -2.27. The Labute approximate surface area is 82.0 Å². The molecule has 0 aliphatic carbocycles. The van der Waals surface area contributed by atoms with Crippen LogP contribution >= 0.6 is 0 Å². The van der Waals surface area contributed by atoms with Crippen LogP contribution in [0, 0.1) is 0 Å². The number of hydrogen-bond donors (Lipinski definition) is 0. The van der Waals surface area contributed by atoms with E-state index in [9.17, 15) is 4.79 Å². The van der Waals surface area contributed by atoms with E-state index in [0.29, 0.717) is 0 Å². The molecule has 0 rings (SSSR count). The van der Waals surface area contributed by atoms with Gasteiger partial charge in [-0.3, -0.25) is 0 Å². The van der Waals surface area contributed by atoms with E-state index in [-0.39, 0.29) is 11.7 Å². The Morgan fingerprint density at radius 1 is 1.54 bits per heavy atom. The van der Waals surface area contributed by atoms with Crippen LogP contribution in [0.1, 0.15) is 19.8 Å². The van der Waals surface area contributed by atoms with Crippen LogP contribution in [0.4, 0.5) is 0 Å². The van der Waals surface area contributed by atoms with Gasteiger partial charge in [0.2, 0.25) is 0 Å². The van der Waals surface area contributed by atoms with Crippen molar-refractivity contribution < 1.29 is 9.53 Å². The van der Waals surface area contributed by atoms with Crippen molar-refractivity contribution in [3.05, 3.63) is 12.7 Å². The zero-order chi connectivity index (χ0) is 10.5. The standard InChI is InChI=1S/C10H20O2Si/c1-6-8-10(13(3,4)5)12-9(11)7-2/h7,10H,2,6,8H2,1,3-5H3. The molecular formula is C10H20O2Si. The summed E-state index contributed by atoms with van der Waals surface area (Å²) in [6, 6.07) is 0. The first-order valence-electron chi connectivity index (χ1n) is 4.74. The minimum absolute atomic E-state index is 0.128. The molecule has 3 heteroatoms. The van der Waals surface area contributed by atoms with Crippen molar-refractivity contribution >= 4 is 14.0 Å². The molecule has 0 saturated carbocycles. The maximum absolute atomic E-state index is 11.0. The van der Waals surface area contributed by atoms with Crippen molar-refractivity contribution in [1.29, 1.82) is 0 Å². The van der Waals surface area contributed by atoms with Gasteiger partial charge in [-0.1, -0.05) is 39.6 Å². The van der Waals surface area contributed by atoms with Crippen molar-refractivity contribution in [3.63, 3.8) is 0 Å². The summed E-state index contributed by atoms with van der Waals surface area (Å²) >= 11 is 0. The molecule has 0 aliphatic rings. The van der Waals surface area contributed by atoms with Gasteiger partial charge in [-0.2, -0.15) is 0 Å². The normalized spacial score (nSPS) is 13.5. The van der Waals surface area contributed by atoms with Crippen LogP contribution in [0.2, 0.25) is 19.6 Å². The van der Waals surface area contributed by atoms with Crippen molar-refractivity contribution in [2.75, 3.05) is 0 Å². The van der Waals surface area contributed by atoms with Crippen LogP contribution in [0.3, 0.4) is 0 Å². The molecule has 1 unspecified atom stereocenters. The smallest absolute Gasteiger partial charge is 0.330 e. The van der Waals surface area contributed by atoms with Crippen LogP contribution in [-0.4, -0.2) is 19.8 Å². The Morgan fingerprint density at radius 3 is 2.38 bits per heavy atom. The minimum Gasteiger partial charge on any atom is -0.463 e. The number of hydrogen-bond acceptors (Lipinski definition) is 2. The van der Waals surface area contributed by atoms with Crippen LogP contribution < -0.4 is 0 Å². The van der Waals surface area contributed by atoms with Crippen LogP contribution in [0.5, 0.6) is 0 Å². The molecule has 0 aromatic rings. The molecule has 0 bridgehead atoms. The van der Waals surface area contributed by atoms with E-state index in [1.54, 1.807) is 0 Å². The zero-order valence-electron chi connectivity index (χ0n) is 9.09. The molecule has 0 N–H and O–H groups in total. The van der Waals surface area contributed by atoms with E-state index < -0.39 is 8.07 Å². The third-order valence-electron chi connectivity index (χ3n) is 1.94. The molecule has 0 saturated heterocycles. The van der Waals surface area contributed by atoms with Crippen LogP contribution in [-0.2, 0) is 9.53 Å². The molecule has 13 heavy (non-hydrogen) atoms. The largest absolute Gasteiger partial charge is 0.463 e. The Balaban J connectivity index is 4.26. The van der Waals surface area contributed by atoms with Crippen molar-refractivity contribution in [3.8, 4) is 0 Å². The summed E-state index contributed by atoms with van der Waals surface area (Å²) in [5.41, 5.74) is 0.128. The second kappa shape index (κ2) is 5.22. The summed E-state index contributed by atoms with van der Waals surface area (Å²) in [7, 11) is -1.38. The molecule has 1 atom stereocenters. The van der Waals surface area contributed by atoms with E-state index in [1.807, 2.05) is 0 Å². The topological polar surface area (TPSA) is 26.3 Å². The molecule has 2 nitrogen and oxygen atoms in total. The predicted molar refractivity (Wildman–Crippen MR) is 58.3 cm³/mol.